The van der Waals surface area contributed by atoms with Gasteiger partial charge in [-0.05, 0) is 100 Å². The van der Waals surface area contributed by atoms with Crippen LogP contribution in [-0.2, 0) is 19.0 Å². The number of hydrogen-bond donors (Lipinski definition) is 0. The van der Waals surface area contributed by atoms with E-state index in [1.165, 1.54) is 34.4 Å². The van der Waals surface area contributed by atoms with Crippen LogP contribution in [0.4, 0.5) is 13.2 Å². The van der Waals surface area contributed by atoms with Crippen molar-refractivity contribution in [2.24, 2.45) is 0 Å². The SMILES string of the molecule is Clc1ccc(-c2ccc(CCBr)cc2)cc1.FC(F)(F)c1cccc(C2=CCN(CCc3ccc(-c4ccc(Cl)cc4)cc3)CC2)c1. The minimum atomic E-state index is -4.31. The highest BCUT2D eigenvalue weighted by Crippen LogP contribution is 2.32. The molecule has 0 unspecified atom stereocenters. The minimum Gasteiger partial charge on any atom is -0.299 e. The molecule has 0 radical (unpaired) electrons. The average molecular weight is 738 g/mol. The molecular formula is C40H35BrCl2F3N. The predicted octanol–water partition coefficient (Wildman–Crippen LogP) is 12.3. The molecule has 0 aromatic heterocycles. The number of benzene rings is 5. The second kappa shape index (κ2) is 16.7. The van der Waals surface area contributed by atoms with Crippen LogP contribution in [0, 0.1) is 0 Å². The number of aryl methyl sites for hydroxylation is 1. The van der Waals surface area contributed by atoms with Gasteiger partial charge >= 0.3 is 6.18 Å². The first-order chi connectivity index (χ1) is 22.7. The van der Waals surface area contributed by atoms with Gasteiger partial charge in [-0.25, -0.2) is 0 Å². The molecule has 0 spiro atoms. The fourth-order valence-corrected chi connectivity index (χ4v) is 6.19. The molecule has 0 atom stereocenters. The Hall–Kier alpha value is -3.35. The van der Waals surface area contributed by atoms with Crippen molar-refractivity contribution in [2.75, 3.05) is 25.0 Å². The first-order valence-electron chi connectivity index (χ1n) is 15.5. The summed E-state index contributed by atoms with van der Waals surface area (Å²) in [6, 6.07) is 38.6. The van der Waals surface area contributed by atoms with Gasteiger partial charge in [-0.1, -0.05) is 130 Å². The predicted molar refractivity (Wildman–Crippen MR) is 195 cm³/mol. The third-order valence-electron chi connectivity index (χ3n) is 8.22. The standard InChI is InChI=1S/C26H23ClF3N.C14H12BrCl/c27-25-10-8-21(9-11-25)20-6-4-19(5-7-20)12-15-31-16-13-22(14-17-31)23-2-1-3-24(18-23)26(28,29)30;15-10-9-11-1-3-12(4-2-11)13-5-7-14(16)8-6-13/h1-11,13,18H,12,14-17H2;1-8H,9-10H2. The Morgan fingerprint density at radius 2 is 1.11 bits per heavy atom. The van der Waals surface area contributed by atoms with Crippen LogP contribution in [-0.4, -0.2) is 29.9 Å². The van der Waals surface area contributed by atoms with Gasteiger partial charge in [0.25, 0.3) is 0 Å². The Morgan fingerprint density at radius 1 is 0.617 bits per heavy atom. The van der Waals surface area contributed by atoms with Crippen molar-refractivity contribution < 1.29 is 13.2 Å². The van der Waals surface area contributed by atoms with Crippen molar-refractivity contribution in [2.45, 2.75) is 25.4 Å². The van der Waals surface area contributed by atoms with Crippen molar-refractivity contribution in [1.82, 2.24) is 4.90 Å². The van der Waals surface area contributed by atoms with Crippen LogP contribution < -0.4 is 0 Å². The maximum Gasteiger partial charge on any atom is 0.416 e. The Balaban J connectivity index is 0.000000227. The Kier molecular flexibility index (Phi) is 12.4. The first-order valence-corrected chi connectivity index (χ1v) is 17.4. The zero-order valence-electron chi connectivity index (χ0n) is 25.8. The molecule has 0 bridgehead atoms. The van der Waals surface area contributed by atoms with Gasteiger partial charge in [0, 0.05) is 35.0 Å². The van der Waals surface area contributed by atoms with Gasteiger partial charge < -0.3 is 0 Å². The van der Waals surface area contributed by atoms with Crippen LogP contribution in [0.15, 0.2) is 127 Å². The second-order valence-corrected chi connectivity index (χ2v) is 13.1. The maximum absolute atomic E-state index is 13.0. The fourth-order valence-electron chi connectivity index (χ4n) is 5.48. The van der Waals surface area contributed by atoms with Gasteiger partial charge in [0.2, 0.25) is 0 Å². The number of hydrogen-bond acceptors (Lipinski definition) is 1. The van der Waals surface area contributed by atoms with E-state index in [1.807, 2.05) is 48.5 Å². The molecule has 5 aromatic rings. The molecule has 0 aliphatic carbocycles. The van der Waals surface area contributed by atoms with Crippen molar-refractivity contribution in [1.29, 1.82) is 0 Å². The number of rotatable bonds is 8. The van der Waals surface area contributed by atoms with E-state index in [9.17, 15) is 13.2 Å². The van der Waals surface area contributed by atoms with Crippen molar-refractivity contribution in [3.05, 3.63) is 160 Å². The van der Waals surface area contributed by atoms with E-state index in [0.29, 0.717) is 5.56 Å². The van der Waals surface area contributed by atoms with Gasteiger partial charge in [-0.3, -0.25) is 4.90 Å². The highest BCUT2D eigenvalue weighted by atomic mass is 79.9. The fraction of sp³-hybridized carbons (Fsp3) is 0.200. The van der Waals surface area contributed by atoms with E-state index in [2.05, 4.69) is 75.4 Å². The van der Waals surface area contributed by atoms with E-state index in [4.69, 9.17) is 23.2 Å². The molecule has 1 nitrogen and oxygen atoms in total. The topological polar surface area (TPSA) is 3.24 Å². The van der Waals surface area contributed by atoms with Gasteiger partial charge in [-0.2, -0.15) is 13.2 Å². The molecule has 0 N–H and O–H groups in total. The highest BCUT2D eigenvalue weighted by molar-refractivity contribution is 9.09. The molecule has 47 heavy (non-hydrogen) atoms. The third-order valence-corrected chi connectivity index (χ3v) is 9.12. The average Bonchev–Trinajstić information content (AvgIpc) is 3.09. The first kappa shape index (κ1) is 35.0. The summed E-state index contributed by atoms with van der Waals surface area (Å²) in [4.78, 5) is 2.34. The minimum absolute atomic E-state index is 0.588. The van der Waals surface area contributed by atoms with E-state index in [1.54, 1.807) is 6.07 Å². The summed E-state index contributed by atoms with van der Waals surface area (Å²) >= 11 is 15.3. The molecule has 7 heteroatoms. The van der Waals surface area contributed by atoms with Crippen LogP contribution in [0.2, 0.25) is 10.0 Å². The van der Waals surface area contributed by atoms with E-state index >= 15 is 0 Å². The smallest absolute Gasteiger partial charge is 0.299 e. The van der Waals surface area contributed by atoms with E-state index < -0.39 is 11.7 Å². The molecule has 1 aliphatic rings. The van der Waals surface area contributed by atoms with Crippen LogP contribution in [0.5, 0.6) is 0 Å². The van der Waals surface area contributed by atoms with Crippen LogP contribution >= 0.6 is 39.1 Å². The zero-order chi connectivity index (χ0) is 33.2. The number of alkyl halides is 4. The van der Waals surface area contributed by atoms with Gasteiger partial charge in [0.1, 0.15) is 0 Å². The Labute approximate surface area is 293 Å². The summed E-state index contributed by atoms with van der Waals surface area (Å²) in [6.07, 6.45) is 0.522. The molecule has 0 fully saturated rings. The molecule has 0 saturated carbocycles. The van der Waals surface area contributed by atoms with E-state index in [-0.39, 0.29) is 0 Å². The van der Waals surface area contributed by atoms with Gasteiger partial charge in [0.05, 0.1) is 5.56 Å². The summed E-state index contributed by atoms with van der Waals surface area (Å²) in [5, 5.41) is 2.51. The monoisotopic (exact) mass is 735 g/mol. The lowest BCUT2D eigenvalue weighted by Crippen LogP contribution is -2.30. The lowest BCUT2D eigenvalue weighted by Gasteiger charge is -2.26. The molecule has 1 aliphatic heterocycles. The lowest BCUT2D eigenvalue weighted by atomic mass is 9.97. The molecule has 0 amide bonds. The Morgan fingerprint density at radius 3 is 1.55 bits per heavy atom. The van der Waals surface area contributed by atoms with Gasteiger partial charge in [0.15, 0.2) is 0 Å². The molecule has 1 heterocycles. The lowest BCUT2D eigenvalue weighted by molar-refractivity contribution is -0.137. The normalized spacial score (nSPS) is 13.4. The largest absolute Gasteiger partial charge is 0.416 e. The quantitative estimate of drug-likeness (QED) is 0.143. The molecule has 0 saturated heterocycles. The molecule has 5 aromatic carbocycles. The maximum atomic E-state index is 13.0. The zero-order valence-corrected chi connectivity index (χ0v) is 28.9. The number of nitrogens with zero attached hydrogens (tertiary/aromatic N) is 1. The molecule has 6 rings (SSSR count). The number of halogens is 6. The van der Waals surface area contributed by atoms with Crippen molar-refractivity contribution >= 4 is 44.7 Å². The van der Waals surface area contributed by atoms with Crippen LogP contribution in [0.1, 0.15) is 28.7 Å². The second-order valence-electron chi connectivity index (χ2n) is 11.5. The summed E-state index contributed by atoms with van der Waals surface area (Å²) < 4.78 is 38.9. The van der Waals surface area contributed by atoms with Gasteiger partial charge in [-0.15, -0.1) is 0 Å². The molecular weight excluding hydrogens is 702 g/mol. The highest BCUT2D eigenvalue weighted by Gasteiger charge is 2.30. The molecule has 242 valence electrons. The van der Waals surface area contributed by atoms with E-state index in [0.717, 1.165) is 77.0 Å². The summed E-state index contributed by atoms with van der Waals surface area (Å²) in [5.74, 6) is 0. The van der Waals surface area contributed by atoms with Crippen molar-refractivity contribution in [3.63, 3.8) is 0 Å². The van der Waals surface area contributed by atoms with Crippen LogP contribution in [0.25, 0.3) is 27.8 Å². The van der Waals surface area contributed by atoms with Crippen molar-refractivity contribution in [3.8, 4) is 22.3 Å². The summed E-state index contributed by atoms with van der Waals surface area (Å²) in [5.41, 5.74) is 8.44. The summed E-state index contributed by atoms with van der Waals surface area (Å²) in [6.45, 7) is 2.53. The van der Waals surface area contributed by atoms with Crippen LogP contribution in [0.3, 0.4) is 0 Å². The third kappa shape index (κ3) is 10.3. The summed E-state index contributed by atoms with van der Waals surface area (Å²) in [7, 11) is 0. The Bertz CT molecular complexity index is 1750.